The molecule has 1 atom stereocenters. The summed E-state index contributed by atoms with van der Waals surface area (Å²) in [7, 11) is -3.65. The number of benzene rings is 1. The Morgan fingerprint density at radius 3 is 2.44 bits per heavy atom. The van der Waals surface area contributed by atoms with Crippen molar-refractivity contribution in [2.24, 2.45) is 0 Å². The molecule has 0 bridgehead atoms. The molecule has 0 amide bonds. The molecule has 0 saturated heterocycles. The number of rotatable bonds is 6. The van der Waals surface area contributed by atoms with Gasteiger partial charge >= 0.3 is 18.7 Å². The van der Waals surface area contributed by atoms with Crippen molar-refractivity contribution in [2.45, 2.75) is 18.9 Å². The zero-order valence-corrected chi connectivity index (χ0v) is 14.0. The van der Waals surface area contributed by atoms with Gasteiger partial charge in [0, 0.05) is 25.8 Å². The standard InChI is InChI=1S/C12H15N4O8P/c1-12(24-2,25(21,22)23)13-5-6-3-7(16(19)20)4-8-9(6)15-11(18)10(17)14-8/h3-4,13H,5H2,1-2H3,(H,14,17)(H,15,18)(H2,21,22,23). The number of aromatic nitrogens is 2. The van der Waals surface area contributed by atoms with Crippen molar-refractivity contribution in [3.05, 3.63) is 48.5 Å². The Kier molecular flexibility index (Phi) is 4.93. The molecule has 2 rings (SSSR count). The zero-order chi connectivity index (χ0) is 19.0. The quantitative estimate of drug-likeness (QED) is 0.149. The fourth-order valence-corrected chi connectivity index (χ4v) is 2.60. The molecule has 1 aromatic heterocycles. The van der Waals surface area contributed by atoms with E-state index in [4.69, 9.17) is 4.74 Å². The van der Waals surface area contributed by atoms with Gasteiger partial charge in [-0.25, -0.2) is 0 Å². The minimum absolute atomic E-state index is 0.00546. The maximum atomic E-state index is 11.5. The number of nitro benzene ring substituents is 1. The van der Waals surface area contributed by atoms with Gasteiger partial charge in [0.05, 0.1) is 16.0 Å². The monoisotopic (exact) mass is 374 g/mol. The number of H-pyrrole nitrogens is 2. The summed E-state index contributed by atoms with van der Waals surface area (Å²) in [6, 6.07) is 2.17. The van der Waals surface area contributed by atoms with E-state index in [1.807, 2.05) is 0 Å². The highest BCUT2D eigenvalue weighted by atomic mass is 31.2. The largest absolute Gasteiger partial charge is 0.371 e. The normalized spacial score (nSPS) is 14.4. The van der Waals surface area contributed by atoms with Crippen LogP contribution in [0.1, 0.15) is 12.5 Å². The van der Waals surface area contributed by atoms with Crippen LogP contribution in [0.5, 0.6) is 0 Å². The SMILES string of the molecule is COC(C)(NCc1cc([N+](=O)[O-])cc2[nH]c(=O)c(=O)[nH]c12)P(=O)(O)O. The molecule has 0 saturated carbocycles. The van der Waals surface area contributed by atoms with Gasteiger partial charge in [-0.05, 0) is 12.5 Å². The molecular formula is C12H15N4O8P. The Morgan fingerprint density at radius 2 is 1.92 bits per heavy atom. The van der Waals surface area contributed by atoms with Crippen molar-refractivity contribution in [2.75, 3.05) is 7.11 Å². The van der Waals surface area contributed by atoms with Crippen molar-refractivity contribution in [1.29, 1.82) is 0 Å². The summed E-state index contributed by atoms with van der Waals surface area (Å²) in [4.78, 5) is 56.5. The molecule has 2 aromatic rings. The average Bonchev–Trinajstić information content (AvgIpc) is 2.52. The van der Waals surface area contributed by atoms with Crippen molar-refractivity contribution >= 4 is 24.3 Å². The summed E-state index contributed by atoms with van der Waals surface area (Å²) in [5.74, 6) is 0. The molecule has 25 heavy (non-hydrogen) atoms. The van der Waals surface area contributed by atoms with Gasteiger partial charge in [-0.2, -0.15) is 0 Å². The predicted octanol–water partition coefficient (Wildman–Crippen LogP) is -0.288. The molecule has 1 heterocycles. The Morgan fingerprint density at radius 1 is 1.32 bits per heavy atom. The van der Waals surface area contributed by atoms with E-state index in [2.05, 4.69) is 15.3 Å². The van der Waals surface area contributed by atoms with Gasteiger partial charge in [0.2, 0.25) is 5.47 Å². The molecule has 0 aliphatic carbocycles. The number of aromatic amines is 2. The lowest BCUT2D eigenvalue weighted by atomic mass is 10.1. The third-order valence-corrected chi connectivity index (χ3v) is 5.12. The topological polar surface area (TPSA) is 188 Å². The summed E-state index contributed by atoms with van der Waals surface area (Å²) in [5.41, 5.74) is -4.14. The van der Waals surface area contributed by atoms with Gasteiger partial charge in [0.1, 0.15) is 0 Å². The Hall–Kier alpha value is -2.37. The van der Waals surface area contributed by atoms with Gasteiger partial charge in [0.25, 0.3) is 5.69 Å². The Bertz CT molecular complexity index is 993. The van der Waals surface area contributed by atoms with Crippen LogP contribution in [-0.2, 0) is 15.8 Å². The summed E-state index contributed by atoms with van der Waals surface area (Å²) in [5, 5.41) is 13.5. The van der Waals surface area contributed by atoms with E-state index in [1.54, 1.807) is 0 Å². The van der Waals surface area contributed by atoms with E-state index < -0.39 is 29.1 Å². The number of non-ortho nitro benzene ring substituents is 1. The van der Waals surface area contributed by atoms with E-state index >= 15 is 0 Å². The molecule has 0 spiro atoms. The molecule has 0 radical (unpaired) electrons. The van der Waals surface area contributed by atoms with Crippen LogP contribution >= 0.6 is 7.60 Å². The highest BCUT2D eigenvalue weighted by molar-refractivity contribution is 7.53. The molecule has 136 valence electrons. The number of nitrogens with zero attached hydrogens (tertiary/aromatic N) is 1. The number of nitrogens with one attached hydrogen (secondary N) is 3. The van der Waals surface area contributed by atoms with Crippen LogP contribution in [0.4, 0.5) is 5.69 Å². The highest BCUT2D eigenvalue weighted by Crippen LogP contribution is 2.49. The van der Waals surface area contributed by atoms with E-state index in [0.717, 1.165) is 26.2 Å². The minimum Gasteiger partial charge on any atom is -0.353 e. The molecule has 12 nitrogen and oxygen atoms in total. The number of hydrogen-bond donors (Lipinski definition) is 5. The third-order valence-electron chi connectivity index (χ3n) is 3.67. The highest BCUT2D eigenvalue weighted by Gasteiger charge is 2.42. The van der Waals surface area contributed by atoms with Gasteiger partial charge in [0.15, 0.2) is 0 Å². The van der Waals surface area contributed by atoms with Crippen molar-refractivity contribution < 1.29 is 24.0 Å². The van der Waals surface area contributed by atoms with Crippen LogP contribution < -0.4 is 16.4 Å². The van der Waals surface area contributed by atoms with Crippen molar-refractivity contribution in [3.63, 3.8) is 0 Å². The number of hydrogen-bond acceptors (Lipinski definition) is 7. The second kappa shape index (κ2) is 6.50. The minimum atomic E-state index is -4.73. The molecule has 5 N–H and O–H groups in total. The van der Waals surface area contributed by atoms with Gasteiger partial charge in [-0.1, -0.05) is 0 Å². The molecule has 0 aliphatic rings. The molecule has 1 aromatic carbocycles. The van der Waals surface area contributed by atoms with Crippen LogP contribution in [0.3, 0.4) is 0 Å². The Labute approximate surface area is 139 Å². The number of fused-ring (bicyclic) bond motifs is 1. The summed E-state index contributed by atoms with van der Waals surface area (Å²) < 4.78 is 16.4. The van der Waals surface area contributed by atoms with Crippen LogP contribution in [0.2, 0.25) is 0 Å². The predicted molar refractivity (Wildman–Crippen MR) is 86.1 cm³/mol. The van der Waals surface area contributed by atoms with Gasteiger partial charge in [-0.15, -0.1) is 0 Å². The van der Waals surface area contributed by atoms with Gasteiger partial charge in [-0.3, -0.25) is 29.6 Å². The van der Waals surface area contributed by atoms with Crippen LogP contribution in [-0.4, -0.2) is 37.3 Å². The lowest BCUT2D eigenvalue weighted by molar-refractivity contribution is -0.384. The smallest absolute Gasteiger partial charge is 0.353 e. The fraction of sp³-hybridized carbons (Fsp3) is 0.333. The van der Waals surface area contributed by atoms with Crippen molar-refractivity contribution in [1.82, 2.24) is 15.3 Å². The second-order valence-electron chi connectivity index (χ2n) is 5.28. The van der Waals surface area contributed by atoms with E-state index in [1.165, 1.54) is 0 Å². The lowest BCUT2D eigenvalue weighted by Crippen LogP contribution is -2.43. The molecule has 1 unspecified atom stereocenters. The fourth-order valence-electron chi connectivity index (χ4n) is 2.08. The average molecular weight is 374 g/mol. The maximum absolute atomic E-state index is 11.5. The zero-order valence-electron chi connectivity index (χ0n) is 13.1. The second-order valence-corrected chi connectivity index (χ2v) is 7.22. The Balaban J connectivity index is 2.58. The van der Waals surface area contributed by atoms with E-state index in [-0.39, 0.29) is 28.8 Å². The third kappa shape index (κ3) is 3.67. The summed E-state index contributed by atoms with van der Waals surface area (Å²) in [6.07, 6.45) is 0. The molecular weight excluding hydrogens is 359 g/mol. The van der Waals surface area contributed by atoms with Crippen LogP contribution in [0.15, 0.2) is 21.7 Å². The first kappa shape index (κ1) is 19.0. The number of ether oxygens (including phenoxy) is 1. The first-order valence-electron chi connectivity index (χ1n) is 6.78. The summed E-state index contributed by atoms with van der Waals surface area (Å²) >= 11 is 0. The lowest BCUT2D eigenvalue weighted by Gasteiger charge is -2.29. The van der Waals surface area contributed by atoms with Crippen LogP contribution in [0, 0.1) is 10.1 Å². The van der Waals surface area contributed by atoms with Crippen LogP contribution in [0.25, 0.3) is 11.0 Å². The summed E-state index contributed by atoms with van der Waals surface area (Å²) in [6.45, 7) is 0.813. The number of nitro groups is 1. The first-order valence-corrected chi connectivity index (χ1v) is 8.39. The maximum Gasteiger partial charge on any atom is 0.371 e. The van der Waals surface area contributed by atoms with Crippen molar-refractivity contribution in [3.8, 4) is 0 Å². The van der Waals surface area contributed by atoms with E-state index in [9.17, 15) is 34.1 Å². The molecule has 0 aliphatic heterocycles. The van der Waals surface area contributed by atoms with Gasteiger partial charge < -0.3 is 24.5 Å². The van der Waals surface area contributed by atoms with E-state index in [0.29, 0.717) is 0 Å². The molecule has 0 fully saturated rings. The first-order chi connectivity index (χ1) is 11.5. The molecule has 13 heteroatoms. The number of methoxy groups -OCH3 is 1.